The molecule has 1 aromatic rings. The molecule has 6 nitrogen and oxygen atoms in total. The number of nitrogens with one attached hydrogen (secondary N) is 1. The van der Waals surface area contributed by atoms with Crippen molar-refractivity contribution < 1.29 is 14.3 Å². The van der Waals surface area contributed by atoms with Crippen LogP contribution >= 0.6 is 0 Å². The molecule has 2 aliphatic rings. The molecule has 1 aromatic heterocycles. The Balaban J connectivity index is 1.51. The molecule has 0 radical (unpaired) electrons. The average Bonchev–Trinajstić information content (AvgIpc) is 3.02. The summed E-state index contributed by atoms with van der Waals surface area (Å²) >= 11 is 0. The first-order valence-corrected chi connectivity index (χ1v) is 8.66. The molecule has 2 atom stereocenters. The molecule has 2 amide bonds. The van der Waals surface area contributed by atoms with Crippen molar-refractivity contribution in [3.63, 3.8) is 0 Å². The lowest BCUT2D eigenvalue weighted by Crippen LogP contribution is -2.47. The van der Waals surface area contributed by atoms with Gasteiger partial charge in [0.2, 0.25) is 11.8 Å². The third kappa shape index (κ3) is 4.12. The summed E-state index contributed by atoms with van der Waals surface area (Å²) in [5.74, 6) is 0.500. The fraction of sp³-hybridized carbons (Fsp3) is 0.611. The van der Waals surface area contributed by atoms with Crippen LogP contribution in [-0.4, -0.2) is 54.0 Å². The maximum absolute atomic E-state index is 12.5. The van der Waals surface area contributed by atoms with Crippen molar-refractivity contribution in [2.75, 3.05) is 26.3 Å². The molecule has 6 heteroatoms. The summed E-state index contributed by atoms with van der Waals surface area (Å²) in [6.45, 7) is 4.19. The molecule has 0 aliphatic carbocycles. The number of nitrogens with zero attached hydrogens (tertiary/aromatic N) is 2. The number of hydrogen-bond donors (Lipinski definition) is 1. The third-order valence-corrected chi connectivity index (χ3v) is 5.08. The number of likely N-dealkylation sites (tertiary alicyclic amines) is 1. The lowest BCUT2D eigenvalue weighted by Gasteiger charge is -2.31. The van der Waals surface area contributed by atoms with Crippen LogP contribution in [0.15, 0.2) is 24.5 Å². The Morgan fingerprint density at radius 2 is 1.96 bits per heavy atom. The van der Waals surface area contributed by atoms with Crippen molar-refractivity contribution in [2.24, 2.45) is 11.8 Å². The molecular weight excluding hydrogens is 306 g/mol. The van der Waals surface area contributed by atoms with Gasteiger partial charge in [0.15, 0.2) is 0 Å². The molecule has 130 valence electrons. The molecular formula is C18H25N3O3. The maximum atomic E-state index is 12.5. The monoisotopic (exact) mass is 331 g/mol. The summed E-state index contributed by atoms with van der Waals surface area (Å²) in [6, 6.07) is 4.08. The number of amides is 2. The van der Waals surface area contributed by atoms with Gasteiger partial charge in [0.1, 0.15) is 0 Å². The standard InChI is InChI=1S/C18H25N3O3/c1-13(22)21-8-4-15(5-9-21)18(23)20-17-12-24-11-16(17)10-14-2-6-19-7-3-14/h2-3,6-7,15-17H,4-5,8-12H2,1H3,(H,20,23)/t16-,17-/m1/s1. The zero-order chi connectivity index (χ0) is 16.9. The van der Waals surface area contributed by atoms with E-state index in [9.17, 15) is 9.59 Å². The minimum absolute atomic E-state index is 0.00257. The summed E-state index contributed by atoms with van der Waals surface area (Å²) in [5.41, 5.74) is 1.22. The predicted molar refractivity (Wildman–Crippen MR) is 89.2 cm³/mol. The Bertz CT molecular complexity index is 570. The van der Waals surface area contributed by atoms with Gasteiger partial charge in [-0.3, -0.25) is 14.6 Å². The lowest BCUT2D eigenvalue weighted by atomic mass is 9.92. The maximum Gasteiger partial charge on any atom is 0.223 e. The number of rotatable bonds is 4. The van der Waals surface area contributed by atoms with E-state index in [1.54, 1.807) is 19.3 Å². The molecule has 24 heavy (non-hydrogen) atoms. The van der Waals surface area contributed by atoms with E-state index in [1.807, 2.05) is 17.0 Å². The van der Waals surface area contributed by atoms with Gasteiger partial charge in [0.05, 0.1) is 19.3 Å². The van der Waals surface area contributed by atoms with Gasteiger partial charge in [-0.05, 0) is 37.0 Å². The summed E-state index contributed by atoms with van der Waals surface area (Å²) in [6.07, 6.45) is 5.96. The first kappa shape index (κ1) is 16.9. The Labute approximate surface area is 142 Å². The Morgan fingerprint density at radius 1 is 1.25 bits per heavy atom. The van der Waals surface area contributed by atoms with Crippen LogP contribution < -0.4 is 5.32 Å². The number of ether oxygens (including phenoxy) is 1. The molecule has 0 unspecified atom stereocenters. The van der Waals surface area contributed by atoms with E-state index in [0.29, 0.717) is 32.2 Å². The summed E-state index contributed by atoms with van der Waals surface area (Å²) in [4.78, 5) is 29.8. The van der Waals surface area contributed by atoms with Crippen LogP contribution in [0.5, 0.6) is 0 Å². The van der Waals surface area contributed by atoms with E-state index in [2.05, 4.69) is 10.3 Å². The van der Waals surface area contributed by atoms with Gasteiger partial charge in [0.25, 0.3) is 0 Å². The van der Waals surface area contributed by atoms with Crippen LogP contribution in [0.3, 0.4) is 0 Å². The van der Waals surface area contributed by atoms with E-state index < -0.39 is 0 Å². The Kier molecular flexibility index (Phi) is 5.45. The van der Waals surface area contributed by atoms with Crippen LogP contribution in [0.25, 0.3) is 0 Å². The first-order valence-electron chi connectivity index (χ1n) is 8.66. The fourth-order valence-corrected chi connectivity index (χ4v) is 3.54. The molecule has 1 N–H and O–H groups in total. The summed E-state index contributed by atoms with van der Waals surface area (Å²) in [7, 11) is 0. The first-order chi connectivity index (χ1) is 11.6. The highest BCUT2D eigenvalue weighted by Gasteiger charge is 2.33. The second kappa shape index (κ2) is 7.75. The molecule has 0 aromatic carbocycles. The van der Waals surface area contributed by atoms with E-state index in [-0.39, 0.29) is 23.8 Å². The highest BCUT2D eigenvalue weighted by Crippen LogP contribution is 2.22. The topological polar surface area (TPSA) is 71.5 Å². The van der Waals surface area contributed by atoms with Crippen LogP contribution in [0.2, 0.25) is 0 Å². The zero-order valence-corrected chi connectivity index (χ0v) is 14.1. The van der Waals surface area contributed by atoms with E-state index in [1.165, 1.54) is 5.56 Å². The van der Waals surface area contributed by atoms with Crippen LogP contribution in [-0.2, 0) is 20.7 Å². The molecule has 0 saturated carbocycles. The van der Waals surface area contributed by atoms with Crippen molar-refractivity contribution in [3.05, 3.63) is 30.1 Å². The lowest BCUT2D eigenvalue weighted by molar-refractivity contribution is -0.134. The van der Waals surface area contributed by atoms with Crippen LogP contribution in [0.4, 0.5) is 0 Å². The Hall–Kier alpha value is -1.95. The molecule has 0 bridgehead atoms. The highest BCUT2D eigenvalue weighted by molar-refractivity contribution is 5.80. The number of piperidine rings is 1. The number of hydrogen-bond acceptors (Lipinski definition) is 4. The van der Waals surface area contributed by atoms with Crippen LogP contribution in [0, 0.1) is 11.8 Å². The van der Waals surface area contributed by atoms with Gasteiger partial charge < -0.3 is 15.0 Å². The van der Waals surface area contributed by atoms with Gasteiger partial charge in [-0.25, -0.2) is 0 Å². The molecule has 0 spiro atoms. The third-order valence-electron chi connectivity index (χ3n) is 5.08. The van der Waals surface area contributed by atoms with Gasteiger partial charge in [0, 0.05) is 44.2 Å². The molecule has 2 aliphatic heterocycles. The summed E-state index contributed by atoms with van der Waals surface area (Å²) < 4.78 is 5.60. The predicted octanol–water partition coefficient (Wildman–Crippen LogP) is 1.01. The van der Waals surface area contributed by atoms with Gasteiger partial charge in [-0.1, -0.05) is 0 Å². The van der Waals surface area contributed by atoms with Crippen molar-refractivity contribution in [2.45, 2.75) is 32.2 Å². The normalized spacial score (nSPS) is 24.8. The highest BCUT2D eigenvalue weighted by atomic mass is 16.5. The minimum atomic E-state index is 0.00257. The number of pyridine rings is 1. The molecule has 2 saturated heterocycles. The molecule has 3 rings (SSSR count). The van der Waals surface area contributed by atoms with Crippen LogP contribution in [0.1, 0.15) is 25.3 Å². The number of carbonyl (C=O) groups excluding carboxylic acids is 2. The van der Waals surface area contributed by atoms with Crippen molar-refractivity contribution in [1.29, 1.82) is 0 Å². The fourth-order valence-electron chi connectivity index (χ4n) is 3.54. The van der Waals surface area contributed by atoms with E-state index in [0.717, 1.165) is 19.3 Å². The summed E-state index contributed by atoms with van der Waals surface area (Å²) in [5, 5.41) is 3.18. The largest absolute Gasteiger partial charge is 0.379 e. The van der Waals surface area contributed by atoms with Gasteiger partial charge in [-0.15, -0.1) is 0 Å². The number of carbonyl (C=O) groups is 2. The zero-order valence-electron chi connectivity index (χ0n) is 14.1. The van der Waals surface area contributed by atoms with Gasteiger partial charge in [-0.2, -0.15) is 0 Å². The second-order valence-corrected chi connectivity index (χ2v) is 6.75. The van der Waals surface area contributed by atoms with Crippen molar-refractivity contribution in [3.8, 4) is 0 Å². The Morgan fingerprint density at radius 3 is 2.62 bits per heavy atom. The van der Waals surface area contributed by atoms with Gasteiger partial charge >= 0.3 is 0 Å². The average molecular weight is 331 g/mol. The van der Waals surface area contributed by atoms with Crippen molar-refractivity contribution in [1.82, 2.24) is 15.2 Å². The number of aromatic nitrogens is 1. The minimum Gasteiger partial charge on any atom is -0.379 e. The smallest absolute Gasteiger partial charge is 0.223 e. The van der Waals surface area contributed by atoms with Crippen molar-refractivity contribution >= 4 is 11.8 Å². The quantitative estimate of drug-likeness (QED) is 0.894. The molecule has 3 heterocycles. The van der Waals surface area contributed by atoms with E-state index in [4.69, 9.17) is 4.74 Å². The second-order valence-electron chi connectivity index (χ2n) is 6.75. The molecule has 2 fully saturated rings. The SMILES string of the molecule is CC(=O)N1CCC(C(=O)N[C@@H]2COC[C@H]2Cc2ccncc2)CC1. The van der Waals surface area contributed by atoms with E-state index >= 15 is 0 Å².